The highest BCUT2D eigenvalue weighted by molar-refractivity contribution is 5.97. The van der Waals surface area contributed by atoms with Crippen molar-refractivity contribution in [1.29, 1.82) is 0 Å². The van der Waals surface area contributed by atoms with Crippen molar-refractivity contribution in [3.05, 3.63) is 29.8 Å². The first-order chi connectivity index (χ1) is 9.86. The first-order valence-electron chi connectivity index (χ1n) is 7.27. The summed E-state index contributed by atoms with van der Waals surface area (Å²) in [5.41, 5.74) is 7.71. The molecule has 0 aliphatic carbocycles. The van der Waals surface area contributed by atoms with Gasteiger partial charge in [-0.05, 0) is 31.9 Å². The molecule has 0 heterocycles. The first-order valence-corrected chi connectivity index (χ1v) is 7.27. The predicted octanol–water partition coefficient (Wildman–Crippen LogP) is 1.45. The van der Waals surface area contributed by atoms with Crippen molar-refractivity contribution in [2.45, 2.75) is 33.7 Å². The standard InChI is InChI=1S/C16H25N3O2/c1-5-19(13-8-6-12(4)7-9-13)14(20)10-18-16(21)15(17)11(2)3/h6-9,11,15H,5,10,17H2,1-4H3,(H,18,21)/t15-/m0/s1. The molecule has 1 aromatic rings. The topological polar surface area (TPSA) is 75.4 Å². The van der Waals surface area contributed by atoms with E-state index in [4.69, 9.17) is 5.73 Å². The van der Waals surface area contributed by atoms with Gasteiger partial charge in [0.15, 0.2) is 0 Å². The number of carbonyl (C=O) groups is 2. The Bertz CT molecular complexity index is 483. The van der Waals surface area contributed by atoms with Crippen LogP contribution in [0, 0.1) is 12.8 Å². The summed E-state index contributed by atoms with van der Waals surface area (Å²) in [6.45, 7) is 8.15. The summed E-state index contributed by atoms with van der Waals surface area (Å²) < 4.78 is 0. The molecule has 0 aliphatic rings. The summed E-state index contributed by atoms with van der Waals surface area (Å²) in [7, 11) is 0. The van der Waals surface area contributed by atoms with Gasteiger partial charge in [0.2, 0.25) is 11.8 Å². The lowest BCUT2D eigenvalue weighted by atomic mass is 10.1. The molecule has 0 aliphatic heterocycles. The van der Waals surface area contributed by atoms with Gasteiger partial charge in [-0.2, -0.15) is 0 Å². The van der Waals surface area contributed by atoms with Crippen molar-refractivity contribution in [2.24, 2.45) is 11.7 Å². The molecule has 0 bridgehead atoms. The molecule has 0 saturated carbocycles. The molecule has 1 rings (SSSR count). The van der Waals surface area contributed by atoms with Crippen LogP contribution in [0.5, 0.6) is 0 Å². The molecule has 3 N–H and O–H groups in total. The van der Waals surface area contributed by atoms with Crippen molar-refractivity contribution in [2.75, 3.05) is 18.0 Å². The van der Waals surface area contributed by atoms with Crippen LogP contribution in [0.2, 0.25) is 0 Å². The Hall–Kier alpha value is -1.88. The van der Waals surface area contributed by atoms with Crippen LogP contribution in [0.3, 0.4) is 0 Å². The molecular weight excluding hydrogens is 266 g/mol. The summed E-state index contributed by atoms with van der Waals surface area (Å²) in [4.78, 5) is 25.6. The number of aryl methyl sites for hydroxylation is 1. The fourth-order valence-corrected chi connectivity index (χ4v) is 1.91. The molecule has 1 atom stereocenters. The summed E-state index contributed by atoms with van der Waals surface area (Å²) in [5, 5.41) is 2.60. The van der Waals surface area contributed by atoms with Gasteiger partial charge in [0.25, 0.3) is 0 Å². The van der Waals surface area contributed by atoms with Crippen LogP contribution < -0.4 is 16.0 Å². The van der Waals surface area contributed by atoms with Crippen LogP contribution >= 0.6 is 0 Å². The van der Waals surface area contributed by atoms with Crippen molar-refractivity contribution >= 4 is 17.5 Å². The zero-order valence-electron chi connectivity index (χ0n) is 13.2. The fraction of sp³-hybridized carbons (Fsp3) is 0.500. The van der Waals surface area contributed by atoms with Gasteiger partial charge < -0.3 is 16.0 Å². The number of nitrogens with one attached hydrogen (secondary N) is 1. The number of rotatable bonds is 6. The molecular formula is C16H25N3O2. The molecule has 5 heteroatoms. The number of hydrogen-bond acceptors (Lipinski definition) is 3. The minimum absolute atomic E-state index is 0.0407. The second-order valence-corrected chi connectivity index (χ2v) is 5.46. The Labute approximate surface area is 126 Å². The quantitative estimate of drug-likeness (QED) is 0.833. The molecule has 0 fully saturated rings. The van der Waals surface area contributed by atoms with E-state index in [-0.39, 0.29) is 24.3 Å². The molecule has 116 valence electrons. The number of benzene rings is 1. The van der Waals surface area contributed by atoms with E-state index in [0.717, 1.165) is 11.3 Å². The van der Waals surface area contributed by atoms with Gasteiger partial charge in [-0.3, -0.25) is 9.59 Å². The largest absolute Gasteiger partial charge is 0.346 e. The fourth-order valence-electron chi connectivity index (χ4n) is 1.91. The van der Waals surface area contributed by atoms with Gasteiger partial charge in [-0.1, -0.05) is 31.5 Å². The second kappa shape index (κ2) is 7.78. The third-order valence-electron chi connectivity index (χ3n) is 3.40. The summed E-state index contributed by atoms with van der Waals surface area (Å²) in [6.07, 6.45) is 0. The Kier molecular flexibility index (Phi) is 6.37. The second-order valence-electron chi connectivity index (χ2n) is 5.46. The van der Waals surface area contributed by atoms with E-state index >= 15 is 0 Å². The van der Waals surface area contributed by atoms with E-state index in [9.17, 15) is 9.59 Å². The lowest BCUT2D eigenvalue weighted by molar-refractivity contribution is -0.126. The predicted molar refractivity (Wildman–Crippen MR) is 85.0 cm³/mol. The van der Waals surface area contributed by atoms with Gasteiger partial charge in [0, 0.05) is 12.2 Å². The van der Waals surface area contributed by atoms with Crippen molar-refractivity contribution in [3.63, 3.8) is 0 Å². The van der Waals surface area contributed by atoms with Gasteiger partial charge in [-0.15, -0.1) is 0 Å². The third kappa shape index (κ3) is 4.86. The van der Waals surface area contributed by atoms with Crippen LogP contribution in [-0.2, 0) is 9.59 Å². The van der Waals surface area contributed by atoms with Crippen molar-refractivity contribution in [3.8, 4) is 0 Å². The highest BCUT2D eigenvalue weighted by atomic mass is 16.2. The van der Waals surface area contributed by atoms with E-state index in [1.807, 2.05) is 52.0 Å². The number of amides is 2. The number of nitrogens with zero attached hydrogens (tertiary/aromatic N) is 1. The average Bonchev–Trinajstić information content (AvgIpc) is 2.46. The Morgan fingerprint density at radius 1 is 1.24 bits per heavy atom. The van der Waals surface area contributed by atoms with Gasteiger partial charge in [0.05, 0.1) is 12.6 Å². The van der Waals surface area contributed by atoms with Gasteiger partial charge in [-0.25, -0.2) is 0 Å². The van der Waals surface area contributed by atoms with Gasteiger partial charge >= 0.3 is 0 Å². The molecule has 0 unspecified atom stereocenters. The molecule has 1 aromatic carbocycles. The summed E-state index contributed by atoms with van der Waals surface area (Å²) >= 11 is 0. The number of nitrogens with two attached hydrogens (primary N) is 1. The SMILES string of the molecule is CCN(C(=O)CNC(=O)[C@@H](N)C(C)C)c1ccc(C)cc1. The Morgan fingerprint density at radius 3 is 2.29 bits per heavy atom. The van der Waals surface area contributed by atoms with E-state index in [1.54, 1.807) is 4.90 Å². The number of carbonyl (C=O) groups excluding carboxylic acids is 2. The summed E-state index contributed by atoms with van der Waals surface area (Å²) in [5.74, 6) is -0.400. The molecule has 5 nitrogen and oxygen atoms in total. The Morgan fingerprint density at radius 2 is 1.81 bits per heavy atom. The smallest absolute Gasteiger partial charge is 0.246 e. The maximum absolute atomic E-state index is 12.2. The first kappa shape index (κ1) is 17.2. The molecule has 0 aromatic heterocycles. The van der Waals surface area contributed by atoms with Crippen LogP contribution in [0.15, 0.2) is 24.3 Å². The van der Waals surface area contributed by atoms with E-state index in [0.29, 0.717) is 6.54 Å². The van der Waals surface area contributed by atoms with Crippen LogP contribution in [0.1, 0.15) is 26.3 Å². The Balaban J connectivity index is 2.64. The molecule has 21 heavy (non-hydrogen) atoms. The monoisotopic (exact) mass is 291 g/mol. The van der Waals surface area contributed by atoms with Gasteiger partial charge in [0.1, 0.15) is 0 Å². The van der Waals surface area contributed by atoms with Crippen molar-refractivity contribution < 1.29 is 9.59 Å². The van der Waals surface area contributed by atoms with Crippen LogP contribution in [0.4, 0.5) is 5.69 Å². The maximum atomic E-state index is 12.2. The minimum Gasteiger partial charge on any atom is -0.346 e. The zero-order valence-corrected chi connectivity index (χ0v) is 13.2. The maximum Gasteiger partial charge on any atom is 0.246 e. The summed E-state index contributed by atoms with van der Waals surface area (Å²) in [6, 6.07) is 7.13. The van der Waals surface area contributed by atoms with Crippen LogP contribution in [-0.4, -0.2) is 30.9 Å². The third-order valence-corrected chi connectivity index (χ3v) is 3.40. The zero-order chi connectivity index (χ0) is 16.0. The molecule has 0 radical (unpaired) electrons. The molecule has 0 saturated heterocycles. The minimum atomic E-state index is -0.591. The van der Waals surface area contributed by atoms with Crippen molar-refractivity contribution in [1.82, 2.24) is 5.32 Å². The molecule has 2 amide bonds. The highest BCUT2D eigenvalue weighted by Gasteiger charge is 2.19. The van der Waals surface area contributed by atoms with E-state index in [1.165, 1.54) is 0 Å². The average molecular weight is 291 g/mol. The lowest BCUT2D eigenvalue weighted by Gasteiger charge is -2.22. The number of likely N-dealkylation sites (N-methyl/N-ethyl adjacent to an activating group) is 1. The molecule has 0 spiro atoms. The van der Waals surface area contributed by atoms with E-state index in [2.05, 4.69) is 5.32 Å². The normalized spacial score (nSPS) is 12.1. The van der Waals surface area contributed by atoms with E-state index < -0.39 is 6.04 Å². The van der Waals surface area contributed by atoms with Crippen LogP contribution in [0.25, 0.3) is 0 Å². The highest BCUT2D eigenvalue weighted by Crippen LogP contribution is 2.14. The number of anilines is 1. The number of hydrogen-bond donors (Lipinski definition) is 2. The lowest BCUT2D eigenvalue weighted by Crippen LogP contribution is -2.48.